The number of anilines is 1. The van der Waals surface area contributed by atoms with E-state index in [1.165, 1.54) is 18.2 Å². The van der Waals surface area contributed by atoms with Crippen LogP contribution in [-0.2, 0) is 4.79 Å². The topological polar surface area (TPSA) is 87.7 Å². The summed E-state index contributed by atoms with van der Waals surface area (Å²) < 4.78 is 18.5. The van der Waals surface area contributed by atoms with Gasteiger partial charge in [0.05, 0.1) is 12.3 Å². The maximum atomic E-state index is 13.2. The van der Waals surface area contributed by atoms with Gasteiger partial charge >= 0.3 is 12.0 Å². The highest BCUT2D eigenvalue weighted by Crippen LogP contribution is 2.25. The Morgan fingerprint density at radius 1 is 1.38 bits per heavy atom. The van der Waals surface area contributed by atoms with Gasteiger partial charge in [0.1, 0.15) is 11.6 Å². The highest BCUT2D eigenvalue weighted by atomic mass is 19.1. The van der Waals surface area contributed by atoms with Crippen LogP contribution in [0.25, 0.3) is 0 Å². The number of hydrogen-bond acceptors (Lipinski definition) is 3. The molecule has 0 atom stereocenters. The molecule has 3 N–H and O–H groups in total. The number of amides is 2. The second-order valence-electron chi connectivity index (χ2n) is 4.37. The summed E-state index contributed by atoms with van der Waals surface area (Å²) in [6.45, 7) is 2.57. The SMILES string of the molecule is CCCOc1cc(F)ccc1NC(=O)NCCCC(=O)O. The molecule has 0 saturated carbocycles. The Balaban J connectivity index is 2.52. The smallest absolute Gasteiger partial charge is 0.319 e. The molecule has 1 aromatic carbocycles. The predicted molar refractivity (Wildman–Crippen MR) is 76.1 cm³/mol. The standard InChI is InChI=1S/C14H19FN2O4/c1-2-8-21-12-9-10(15)5-6-11(12)17-14(20)16-7-3-4-13(18)19/h5-6,9H,2-4,7-8H2,1H3,(H,18,19)(H2,16,17,20). The summed E-state index contributed by atoms with van der Waals surface area (Å²) >= 11 is 0. The number of urea groups is 1. The van der Waals surface area contributed by atoms with Crippen LogP contribution in [0.15, 0.2) is 18.2 Å². The molecule has 2 amide bonds. The molecular formula is C14H19FN2O4. The van der Waals surface area contributed by atoms with Gasteiger partial charge < -0.3 is 20.5 Å². The Morgan fingerprint density at radius 3 is 2.81 bits per heavy atom. The molecule has 6 nitrogen and oxygen atoms in total. The summed E-state index contributed by atoms with van der Waals surface area (Å²) in [6.07, 6.45) is 1.09. The van der Waals surface area contributed by atoms with E-state index in [1.807, 2.05) is 6.92 Å². The van der Waals surface area contributed by atoms with Gasteiger partial charge in [-0.05, 0) is 25.0 Å². The van der Waals surface area contributed by atoms with Crippen LogP contribution < -0.4 is 15.4 Å². The molecular weight excluding hydrogens is 279 g/mol. The Morgan fingerprint density at radius 2 is 2.14 bits per heavy atom. The maximum absolute atomic E-state index is 13.2. The monoisotopic (exact) mass is 298 g/mol. The number of rotatable bonds is 8. The van der Waals surface area contributed by atoms with Crippen LogP contribution in [0.4, 0.5) is 14.9 Å². The van der Waals surface area contributed by atoms with Crippen molar-refractivity contribution in [2.75, 3.05) is 18.5 Å². The van der Waals surface area contributed by atoms with E-state index in [0.29, 0.717) is 18.7 Å². The predicted octanol–water partition coefficient (Wildman–Crippen LogP) is 2.60. The molecule has 21 heavy (non-hydrogen) atoms. The van der Waals surface area contributed by atoms with Gasteiger partial charge in [-0.2, -0.15) is 0 Å². The highest BCUT2D eigenvalue weighted by Gasteiger charge is 2.09. The van der Waals surface area contributed by atoms with Crippen LogP contribution in [0.1, 0.15) is 26.2 Å². The largest absolute Gasteiger partial charge is 0.491 e. The van der Waals surface area contributed by atoms with Crippen molar-refractivity contribution in [1.29, 1.82) is 0 Å². The molecule has 0 aliphatic rings. The van der Waals surface area contributed by atoms with Crippen LogP contribution in [0.5, 0.6) is 5.75 Å². The van der Waals surface area contributed by atoms with Crippen LogP contribution in [0.3, 0.4) is 0 Å². The van der Waals surface area contributed by atoms with Gasteiger partial charge in [0.15, 0.2) is 0 Å². The minimum atomic E-state index is -0.911. The van der Waals surface area contributed by atoms with Crippen molar-refractivity contribution in [3.05, 3.63) is 24.0 Å². The quantitative estimate of drug-likeness (QED) is 0.644. The number of halogens is 1. The summed E-state index contributed by atoms with van der Waals surface area (Å²) in [4.78, 5) is 22.0. The normalized spacial score (nSPS) is 10.0. The number of ether oxygens (including phenoxy) is 1. The number of nitrogens with one attached hydrogen (secondary N) is 2. The van der Waals surface area contributed by atoms with E-state index < -0.39 is 17.8 Å². The molecule has 0 saturated heterocycles. The minimum absolute atomic E-state index is 0.0122. The molecule has 116 valence electrons. The van der Waals surface area contributed by atoms with Gasteiger partial charge in [0, 0.05) is 19.0 Å². The third kappa shape index (κ3) is 6.60. The summed E-state index contributed by atoms with van der Waals surface area (Å²) in [5, 5.41) is 13.5. The van der Waals surface area contributed by atoms with Gasteiger partial charge in [-0.1, -0.05) is 6.92 Å². The van der Waals surface area contributed by atoms with Crippen molar-refractivity contribution in [3.8, 4) is 5.75 Å². The van der Waals surface area contributed by atoms with E-state index >= 15 is 0 Å². The first-order chi connectivity index (χ1) is 10.0. The fraction of sp³-hybridized carbons (Fsp3) is 0.429. The number of carbonyl (C=O) groups excluding carboxylic acids is 1. The second-order valence-corrected chi connectivity index (χ2v) is 4.37. The van der Waals surface area contributed by atoms with Crippen molar-refractivity contribution >= 4 is 17.7 Å². The molecule has 0 fully saturated rings. The summed E-state index contributed by atoms with van der Waals surface area (Å²) in [7, 11) is 0. The number of carboxylic acids is 1. The molecule has 0 heterocycles. The third-order valence-electron chi connectivity index (χ3n) is 2.51. The van der Waals surface area contributed by atoms with Crippen LogP contribution in [-0.4, -0.2) is 30.3 Å². The lowest BCUT2D eigenvalue weighted by Crippen LogP contribution is -2.30. The molecule has 1 aromatic rings. The summed E-state index contributed by atoms with van der Waals surface area (Å²) in [6, 6.07) is 3.35. The maximum Gasteiger partial charge on any atom is 0.319 e. The molecule has 0 aliphatic carbocycles. The first-order valence-corrected chi connectivity index (χ1v) is 6.72. The third-order valence-corrected chi connectivity index (χ3v) is 2.51. The summed E-state index contributed by atoms with van der Waals surface area (Å²) in [5.74, 6) is -1.10. The lowest BCUT2D eigenvalue weighted by molar-refractivity contribution is -0.137. The van der Waals surface area contributed by atoms with E-state index in [9.17, 15) is 14.0 Å². The first-order valence-electron chi connectivity index (χ1n) is 6.72. The lowest BCUT2D eigenvalue weighted by Gasteiger charge is -2.12. The van der Waals surface area contributed by atoms with E-state index in [0.717, 1.165) is 6.42 Å². The Bertz CT molecular complexity index is 494. The Labute approximate surface area is 122 Å². The van der Waals surface area contributed by atoms with Gasteiger partial charge in [-0.15, -0.1) is 0 Å². The Kier molecular flexibility index (Phi) is 7.00. The molecule has 7 heteroatoms. The van der Waals surface area contributed by atoms with E-state index in [1.54, 1.807) is 0 Å². The summed E-state index contributed by atoms with van der Waals surface area (Å²) in [5.41, 5.74) is 0.362. The number of aliphatic carboxylic acids is 1. The number of hydrogen-bond donors (Lipinski definition) is 3. The number of carboxylic acid groups (broad SMARTS) is 1. The van der Waals surface area contributed by atoms with Gasteiger partial charge in [0.2, 0.25) is 0 Å². The molecule has 0 radical (unpaired) electrons. The van der Waals surface area contributed by atoms with Crippen molar-refractivity contribution in [3.63, 3.8) is 0 Å². The minimum Gasteiger partial charge on any atom is -0.491 e. The van der Waals surface area contributed by atoms with E-state index in [2.05, 4.69) is 10.6 Å². The van der Waals surface area contributed by atoms with Crippen LogP contribution in [0, 0.1) is 5.82 Å². The zero-order chi connectivity index (χ0) is 15.7. The fourth-order valence-corrected chi connectivity index (χ4v) is 1.54. The van der Waals surface area contributed by atoms with Crippen molar-refractivity contribution in [1.82, 2.24) is 5.32 Å². The zero-order valence-electron chi connectivity index (χ0n) is 11.8. The molecule has 0 bridgehead atoms. The molecule has 0 spiro atoms. The zero-order valence-corrected chi connectivity index (χ0v) is 11.8. The van der Waals surface area contributed by atoms with Crippen molar-refractivity contribution < 1.29 is 23.8 Å². The van der Waals surface area contributed by atoms with Crippen molar-refractivity contribution in [2.45, 2.75) is 26.2 Å². The Hall–Kier alpha value is -2.31. The van der Waals surface area contributed by atoms with Crippen LogP contribution >= 0.6 is 0 Å². The highest BCUT2D eigenvalue weighted by molar-refractivity contribution is 5.90. The van der Waals surface area contributed by atoms with Crippen LogP contribution in [0.2, 0.25) is 0 Å². The number of carbonyl (C=O) groups is 2. The second kappa shape index (κ2) is 8.78. The van der Waals surface area contributed by atoms with Gasteiger partial charge in [0.25, 0.3) is 0 Å². The van der Waals surface area contributed by atoms with Gasteiger partial charge in [-0.3, -0.25) is 4.79 Å². The molecule has 0 aromatic heterocycles. The molecule has 0 unspecified atom stereocenters. The van der Waals surface area contributed by atoms with Crippen molar-refractivity contribution in [2.24, 2.45) is 0 Å². The first kappa shape index (κ1) is 16.7. The number of benzene rings is 1. The molecule has 1 rings (SSSR count). The van der Waals surface area contributed by atoms with Gasteiger partial charge in [-0.25, -0.2) is 9.18 Å². The lowest BCUT2D eigenvalue weighted by atomic mass is 10.3. The average Bonchev–Trinajstić information content (AvgIpc) is 2.43. The molecule has 0 aliphatic heterocycles. The average molecular weight is 298 g/mol. The fourth-order valence-electron chi connectivity index (χ4n) is 1.54. The van der Waals surface area contributed by atoms with E-state index in [4.69, 9.17) is 9.84 Å². The van der Waals surface area contributed by atoms with E-state index in [-0.39, 0.29) is 18.7 Å².